The van der Waals surface area contributed by atoms with E-state index in [0.29, 0.717) is 52.5 Å². The summed E-state index contributed by atoms with van der Waals surface area (Å²) in [6, 6.07) is 26.2. The Hall–Kier alpha value is -6.42. The van der Waals surface area contributed by atoms with E-state index in [9.17, 15) is 28.8 Å². The molecule has 0 fully saturated rings. The quantitative estimate of drug-likeness (QED) is 0.0163. The molecule has 0 bridgehead atoms. The molecule has 3 aromatic carbocycles. The van der Waals surface area contributed by atoms with E-state index in [4.69, 9.17) is 19.2 Å². The molecule has 0 spiro atoms. The molecule has 0 aliphatic heterocycles. The number of pyridine rings is 1. The molecule has 2 unspecified atom stereocenters. The molecule has 340 valence electrons. The number of alkyl carbamates (subject to hydrolysis) is 1. The number of carboxylic acids is 1. The lowest BCUT2D eigenvalue weighted by atomic mass is 9.94. The number of aliphatic carboxylic acids is 1. The standard InChI is InChI=1S/C46H57N8O9P/c1-6-8-9-15-28-63-45(59)50-42(51-64(60,32-61-5)52-46(3,44(57)58)30-33-16-11-10-12-17-33)34-19-22-36(23-20-34)48-31-40-49-37-29-35(21-24-38(37)53(40)4)43(56)54(27-25-41(55)62-7-2)39-18-13-14-26-47-39/h10-14,16-24,26,29,48H,6-9,15,25,27-28,30-32H2,1-5H3,(H,57,58)(H2,50,51,52,59,60). The highest BCUT2D eigenvalue weighted by Gasteiger charge is 2.40. The van der Waals surface area contributed by atoms with Gasteiger partial charge in [0.15, 0.2) is 0 Å². The van der Waals surface area contributed by atoms with E-state index in [1.165, 1.54) is 18.9 Å². The summed E-state index contributed by atoms with van der Waals surface area (Å²) in [5, 5.41) is 19.1. The van der Waals surface area contributed by atoms with E-state index in [1.807, 2.05) is 23.7 Å². The molecule has 2 amide bonds. The summed E-state index contributed by atoms with van der Waals surface area (Å²) >= 11 is 0. The number of nitrogens with zero attached hydrogens (tertiary/aromatic N) is 5. The van der Waals surface area contributed by atoms with Gasteiger partial charge in [-0.2, -0.15) is 4.76 Å². The molecule has 0 aliphatic carbocycles. The smallest absolute Gasteiger partial charge is 0.412 e. The zero-order valence-electron chi connectivity index (χ0n) is 36.9. The number of rotatable bonds is 23. The number of aryl methyl sites for hydroxylation is 1. The number of hydrogen-bond donors (Lipinski definition) is 4. The average molecular weight is 897 g/mol. The second kappa shape index (κ2) is 23.3. The highest BCUT2D eigenvalue weighted by atomic mass is 31.2. The maximum Gasteiger partial charge on any atom is 0.412 e. The fourth-order valence-electron chi connectivity index (χ4n) is 6.85. The van der Waals surface area contributed by atoms with E-state index in [1.54, 1.807) is 92.0 Å². The third-order valence-electron chi connectivity index (χ3n) is 10.2. The lowest BCUT2D eigenvalue weighted by Crippen LogP contribution is -2.50. The Labute approximate surface area is 373 Å². The Morgan fingerprint density at radius 3 is 2.33 bits per heavy atom. The number of anilines is 2. The zero-order chi connectivity index (χ0) is 46.1. The van der Waals surface area contributed by atoms with Gasteiger partial charge in [0.25, 0.3) is 13.4 Å². The van der Waals surface area contributed by atoms with Crippen LogP contribution in [0.2, 0.25) is 0 Å². The van der Waals surface area contributed by atoms with Gasteiger partial charge in [-0.25, -0.2) is 19.8 Å². The second-order valence-electron chi connectivity index (χ2n) is 15.2. The molecule has 64 heavy (non-hydrogen) atoms. The molecular weight excluding hydrogens is 840 g/mol. The number of carbonyl (C=O) groups is 4. The number of carbonyl (C=O) groups excluding carboxylic acids is 3. The molecule has 18 heteroatoms. The summed E-state index contributed by atoms with van der Waals surface area (Å²) in [5.41, 5.74) is 1.77. The Morgan fingerprint density at radius 2 is 1.66 bits per heavy atom. The summed E-state index contributed by atoms with van der Waals surface area (Å²) in [4.78, 5) is 62.4. The molecule has 2 atom stereocenters. The predicted molar refractivity (Wildman–Crippen MR) is 246 cm³/mol. The summed E-state index contributed by atoms with van der Waals surface area (Å²) in [6.45, 7) is 6.02. The number of esters is 1. The Balaban J connectivity index is 1.36. The van der Waals surface area contributed by atoms with Gasteiger partial charge in [0.05, 0.1) is 37.2 Å². The molecule has 2 aromatic heterocycles. The fourth-order valence-corrected chi connectivity index (χ4v) is 8.81. The normalized spacial score (nSPS) is 13.4. The lowest BCUT2D eigenvalue weighted by Gasteiger charge is -2.30. The van der Waals surface area contributed by atoms with Gasteiger partial charge in [0.1, 0.15) is 29.4 Å². The first-order valence-corrected chi connectivity index (χ1v) is 23.0. The maximum atomic E-state index is 14.5. The average Bonchev–Trinajstić information content (AvgIpc) is 3.60. The minimum Gasteiger partial charge on any atom is -0.480 e. The van der Waals surface area contributed by atoms with E-state index < -0.39 is 37.4 Å². The van der Waals surface area contributed by atoms with Gasteiger partial charge >= 0.3 is 18.0 Å². The molecule has 2 heterocycles. The van der Waals surface area contributed by atoms with E-state index in [-0.39, 0.29) is 44.3 Å². The molecule has 4 N–H and O–H groups in total. The van der Waals surface area contributed by atoms with Crippen molar-refractivity contribution in [3.8, 4) is 0 Å². The molecule has 0 saturated heterocycles. The number of nitrogens with one attached hydrogen (secondary N) is 3. The first kappa shape index (κ1) is 48.6. The first-order valence-electron chi connectivity index (χ1n) is 21.1. The summed E-state index contributed by atoms with van der Waals surface area (Å²) in [6.07, 6.45) is 3.88. The molecule has 17 nitrogen and oxygen atoms in total. The molecule has 5 aromatic rings. The van der Waals surface area contributed by atoms with Crippen molar-refractivity contribution in [1.29, 1.82) is 0 Å². The van der Waals surface area contributed by atoms with Crippen LogP contribution in [0, 0.1) is 0 Å². The van der Waals surface area contributed by atoms with E-state index >= 15 is 0 Å². The molecule has 0 saturated carbocycles. The van der Waals surface area contributed by atoms with Gasteiger partial charge in [-0.1, -0.05) is 62.6 Å². The minimum absolute atomic E-state index is 0.00242. The first-order chi connectivity index (χ1) is 30.8. The van der Waals surface area contributed by atoms with E-state index in [0.717, 1.165) is 24.8 Å². The van der Waals surface area contributed by atoms with Gasteiger partial charge in [-0.15, -0.1) is 0 Å². The van der Waals surface area contributed by atoms with E-state index in [2.05, 4.69) is 32.4 Å². The Morgan fingerprint density at radius 1 is 0.922 bits per heavy atom. The minimum atomic E-state index is -4.08. The summed E-state index contributed by atoms with van der Waals surface area (Å²) < 4.78 is 36.7. The van der Waals surface area contributed by atoms with Crippen molar-refractivity contribution in [1.82, 2.24) is 24.9 Å². The number of ether oxygens (including phenoxy) is 3. The van der Waals surface area contributed by atoms with Crippen molar-refractivity contribution in [2.45, 2.75) is 71.4 Å². The highest BCUT2D eigenvalue weighted by Crippen LogP contribution is 2.46. The van der Waals surface area contributed by atoms with Gasteiger partial charge in [-0.05, 0) is 80.4 Å². The fraction of sp³-hybridized carbons (Fsp3) is 0.370. The number of aromatic nitrogens is 3. The number of amidine groups is 1. The van der Waals surface area contributed by atoms with Crippen LogP contribution in [0.25, 0.3) is 11.0 Å². The molecule has 0 radical (unpaired) electrons. The van der Waals surface area contributed by atoms with Crippen molar-refractivity contribution in [3.05, 3.63) is 120 Å². The molecular formula is C46H57N8O9P. The van der Waals surface area contributed by atoms with Crippen LogP contribution < -0.4 is 20.6 Å². The van der Waals surface area contributed by atoms with Gasteiger partial charge in [0, 0.05) is 50.1 Å². The van der Waals surface area contributed by atoms with Gasteiger partial charge in [-0.3, -0.25) is 29.2 Å². The third-order valence-corrected chi connectivity index (χ3v) is 12.1. The number of hydrogen-bond acceptors (Lipinski definition) is 11. The van der Waals surface area contributed by atoms with Crippen LogP contribution in [0.1, 0.15) is 80.2 Å². The van der Waals surface area contributed by atoms with Gasteiger partial charge < -0.3 is 29.2 Å². The van der Waals surface area contributed by atoms with Crippen LogP contribution in [-0.4, -0.2) is 88.2 Å². The van der Waals surface area contributed by atoms with Crippen LogP contribution in [0.15, 0.2) is 102 Å². The number of methoxy groups -OCH3 is 1. The largest absolute Gasteiger partial charge is 0.480 e. The summed E-state index contributed by atoms with van der Waals surface area (Å²) in [7, 11) is -0.886. The van der Waals surface area contributed by atoms with Crippen LogP contribution in [-0.2, 0) is 48.4 Å². The van der Waals surface area contributed by atoms with Gasteiger partial charge in [0.2, 0.25) is 0 Å². The number of unbranched alkanes of at least 4 members (excludes halogenated alkanes) is 3. The van der Waals surface area contributed by atoms with Crippen molar-refractivity contribution in [2.24, 2.45) is 11.8 Å². The number of fused-ring (bicyclic) bond motifs is 1. The predicted octanol–water partition coefficient (Wildman–Crippen LogP) is 7.71. The van der Waals surface area contributed by atoms with Crippen LogP contribution >= 0.6 is 7.44 Å². The second-order valence-corrected chi connectivity index (χ2v) is 17.3. The van der Waals surface area contributed by atoms with Crippen LogP contribution in [0.4, 0.5) is 16.3 Å². The highest BCUT2D eigenvalue weighted by molar-refractivity contribution is 7.60. The monoisotopic (exact) mass is 896 g/mol. The van der Waals surface area contributed by atoms with Crippen molar-refractivity contribution < 1.29 is 43.1 Å². The third kappa shape index (κ3) is 13.5. The van der Waals surface area contributed by atoms with Crippen LogP contribution in [0.5, 0.6) is 0 Å². The van der Waals surface area contributed by atoms with Crippen molar-refractivity contribution in [2.75, 3.05) is 43.4 Å². The lowest BCUT2D eigenvalue weighted by molar-refractivity contribution is -0.144. The van der Waals surface area contributed by atoms with Crippen molar-refractivity contribution >= 4 is 59.8 Å². The number of carboxylic acid groups (broad SMARTS) is 1. The number of benzene rings is 3. The summed E-state index contributed by atoms with van der Waals surface area (Å²) in [5.74, 6) is -1.03. The molecule has 5 rings (SSSR count). The van der Waals surface area contributed by atoms with Crippen molar-refractivity contribution in [3.63, 3.8) is 0 Å². The molecule has 0 aliphatic rings. The van der Waals surface area contributed by atoms with Crippen LogP contribution in [0.3, 0.4) is 0 Å². The SMILES string of the molecule is CCCCCCOC(=O)NC(=NP(=O)(COC)NC(C)(Cc1ccccc1)C(=O)O)c1ccc(NCc2nc3cc(C(=O)N(CCC(=O)OCC)c4ccccn4)ccc3n2C)cc1. The zero-order valence-corrected chi connectivity index (χ0v) is 37.8. The number of imidazole rings is 1. The Bertz CT molecular complexity index is 2430. The Kier molecular flexibility index (Phi) is 17.7. The topological polar surface area (TPSA) is 216 Å². The number of amides is 2. The maximum absolute atomic E-state index is 14.5.